The van der Waals surface area contributed by atoms with E-state index in [1.807, 2.05) is 0 Å². The molecule has 1 heterocycles. The average Bonchev–Trinajstić information content (AvgIpc) is 2.16. The molecule has 1 aliphatic rings. The fourth-order valence-corrected chi connectivity index (χ4v) is 3.09. The van der Waals surface area contributed by atoms with Crippen LogP contribution in [0.2, 0.25) is 0 Å². The van der Waals surface area contributed by atoms with Crippen LogP contribution in [0.3, 0.4) is 0 Å². The Hall–Kier alpha value is -0.130. The SMILES string of the molecule is O=S(=O)(CCCO)N1CCCCC1. The summed E-state index contributed by atoms with van der Waals surface area (Å²) in [5.41, 5.74) is 0. The number of hydrogen-bond donors (Lipinski definition) is 1. The fraction of sp³-hybridized carbons (Fsp3) is 1.00. The van der Waals surface area contributed by atoms with Crippen LogP contribution in [-0.4, -0.2) is 43.3 Å². The average molecular weight is 207 g/mol. The van der Waals surface area contributed by atoms with Gasteiger partial charge >= 0.3 is 0 Å². The van der Waals surface area contributed by atoms with Crippen LogP contribution in [0.1, 0.15) is 25.7 Å². The van der Waals surface area contributed by atoms with Crippen molar-refractivity contribution in [2.45, 2.75) is 25.7 Å². The highest BCUT2D eigenvalue weighted by Gasteiger charge is 2.22. The van der Waals surface area contributed by atoms with Crippen LogP contribution >= 0.6 is 0 Å². The van der Waals surface area contributed by atoms with Crippen LogP contribution in [0.4, 0.5) is 0 Å². The number of nitrogens with zero attached hydrogens (tertiary/aromatic N) is 1. The van der Waals surface area contributed by atoms with Crippen molar-refractivity contribution >= 4 is 10.0 Å². The molecule has 0 unspecified atom stereocenters. The van der Waals surface area contributed by atoms with E-state index in [9.17, 15) is 8.42 Å². The van der Waals surface area contributed by atoms with Crippen molar-refractivity contribution in [2.75, 3.05) is 25.4 Å². The summed E-state index contributed by atoms with van der Waals surface area (Å²) < 4.78 is 24.7. The molecule has 0 bridgehead atoms. The number of aliphatic hydroxyl groups excluding tert-OH is 1. The van der Waals surface area contributed by atoms with Crippen LogP contribution in [0, 0.1) is 0 Å². The van der Waals surface area contributed by atoms with Crippen LogP contribution in [0.15, 0.2) is 0 Å². The monoisotopic (exact) mass is 207 g/mol. The van der Waals surface area contributed by atoms with E-state index in [0.29, 0.717) is 19.5 Å². The summed E-state index contributed by atoms with van der Waals surface area (Å²) in [5, 5.41) is 8.54. The summed E-state index contributed by atoms with van der Waals surface area (Å²) in [7, 11) is -3.07. The molecule has 0 radical (unpaired) electrons. The summed E-state index contributed by atoms with van der Waals surface area (Å²) in [4.78, 5) is 0. The Morgan fingerprint density at radius 1 is 1.15 bits per heavy atom. The summed E-state index contributed by atoms with van der Waals surface area (Å²) in [6, 6.07) is 0. The van der Waals surface area contributed by atoms with Crippen molar-refractivity contribution in [1.82, 2.24) is 4.31 Å². The van der Waals surface area contributed by atoms with Crippen LogP contribution in [-0.2, 0) is 10.0 Å². The molecule has 0 aromatic rings. The third-order valence-corrected chi connectivity index (χ3v) is 4.23. The molecule has 0 aliphatic carbocycles. The highest BCUT2D eigenvalue weighted by atomic mass is 32.2. The lowest BCUT2D eigenvalue weighted by molar-refractivity contribution is 0.292. The minimum Gasteiger partial charge on any atom is -0.396 e. The van der Waals surface area contributed by atoms with E-state index in [-0.39, 0.29) is 12.4 Å². The highest BCUT2D eigenvalue weighted by molar-refractivity contribution is 7.89. The Morgan fingerprint density at radius 3 is 2.31 bits per heavy atom. The van der Waals surface area contributed by atoms with Gasteiger partial charge in [0, 0.05) is 19.7 Å². The molecule has 0 atom stereocenters. The molecule has 0 spiro atoms. The van der Waals surface area contributed by atoms with E-state index < -0.39 is 10.0 Å². The lowest BCUT2D eigenvalue weighted by Crippen LogP contribution is -2.37. The van der Waals surface area contributed by atoms with Crippen molar-refractivity contribution in [3.63, 3.8) is 0 Å². The van der Waals surface area contributed by atoms with E-state index in [4.69, 9.17) is 5.11 Å². The molecule has 1 rings (SSSR count). The molecule has 0 saturated carbocycles. The standard InChI is InChI=1S/C8H17NO3S/c10-7-4-8-13(11,12)9-5-2-1-3-6-9/h10H,1-8H2. The molecule has 5 heteroatoms. The minimum absolute atomic E-state index is 0.0485. The number of aliphatic hydroxyl groups is 1. The minimum atomic E-state index is -3.07. The molecule has 1 aliphatic heterocycles. The molecular weight excluding hydrogens is 190 g/mol. The van der Waals surface area contributed by atoms with Gasteiger partial charge in [-0.15, -0.1) is 0 Å². The van der Waals surface area contributed by atoms with Gasteiger partial charge in [0.1, 0.15) is 0 Å². The second-order valence-electron chi connectivity index (χ2n) is 3.35. The lowest BCUT2D eigenvalue weighted by atomic mass is 10.2. The maximum Gasteiger partial charge on any atom is 0.214 e. The first kappa shape index (κ1) is 10.9. The maximum atomic E-state index is 11.6. The molecule has 0 aromatic heterocycles. The molecular formula is C8H17NO3S. The van der Waals surface area contributed by atoms with E-state index in [1.54, 1.807) is 4.31 Å². The van der Waals surface area contributed by atoms with Crippen LogP contribution in [0.5, 0.6) is 0 Å². The summed E-state index contributed by atoms with van der Waals surface area (Å²) in [6.07, 6.45) is 3.42. The van der Waals surface area contributed by atoms with Crippen molar-refractivity contribution in [3.05, 3.63) is 0 Å². The van der Waals surface area contributed by atoms with E-state index in [1.165, 1.54) is 0 Å². The number of rotatable bonds is 4. The second kappa shape index (κ2) is 4.93. The smallest absolute Gasteiger partial charge is 0.214 e. The third-order valence-electron chi connectivity index (χ3n) is 2.27. The molecule has 0 amide bonds. The van der Waals surface area contributed by atoms with Crippen molar-refractivity contribution in [1.29, 1.82) is 0 Å². The van der Waals surface area contributed by atoms with Crippen LogP contribution < -0.4 is 0 Å². The fourth-order valence-electron chi connectivity index (χ4n) is 1.52. The van der Waals surface area contributed by atoms with E-state index >= 15 is 0 Å². The van der Waals surface area contributed by atoms with E-state index in [0.717, 1.165) is 19.3 Å². The molecule has 4 nitrogen and oxygen atoms in total. The first-order chi connectivity index (χ1) is 6.17. The van der Waals surface area contributed by atoms with Gasteiger partial charge in [-0.3, -0.25) is 0 Å². The topological polar surface area (TPSA) is 57.6 Å². The molecule has 78 valence electrons. The van der Waals surface area contributed by atoms with Gasteiger partial charge in [0.25, 0.3) is 0 Å². The Morgan fingerprint density at radius 2 is 1.77 bits per heavy atom. The maximum absolute atomic E-state index is 11.6. The Labute approximate surface area is 79.6 Å². The van der Waals surface area contributed by atoms with Gasteiger partial charge in [0.2, 0.25) is 10.0 Å². The van der Waals surface area contributed by atoms with Crippen molar-refractivity contribution < 1.29 is 13.5 Å². The Balaban J connectivity index is 2.47. The molecule has 13 heavy (non-hydrogen) atoms. The molecule has 1 fully saturated rings. The molecule has 0 aromatic carbocycles. The first-order valence-corrected chi connectivity index (χ1v) is 6.36. The third kappa shape index (κ3) is 3.25. The number of sulfonamides is 1. The summed E-state index contributed by atoms with van der Waals surface area (Å²) >= 11 is 0. The van der Waals surface area contributed by atoms with Gasteiger partial charge in [0.15, 0.2) is 0 Å². The van der Waals surface area contributed by atoms with Gasteiger partial charge in [-0.05, 0) is 19.3 Å². The summed E-state index contributed by atoms with van der Waals surface area (Å²) in [6.45, 7) is 1.27. The van der Waals surface area contributed by atoms with Gasteiger partial charge in [-0.1, -0.05) is 6.42 Å². The predicted molar refractivity (Wildman–Crippen MR) is 50.9 cm³/mol. The molecule has 1 saturated heterocycles. The largest absolute Gasteiger partial charge is 0.396 e. The van der Waals surface area contributed by atoms with Gasteiger partial charge < -0.3 is 5.11 Å². The van der Waals surface area contributed by atoms with Crippen LogP contribution in [0.25, 0.3) is 0 Å². The van der Waals surface area contributed by atoms with Crippen molar-refractivity contribution in [3.8, 4) is 0 Å². The Bertz CT molecular complexity index is 232. The van der Waals surface area contributed by atoms with Crippen molar-refractivity contribution in [2.24, 2.45) is 0 Å². The summed E-state index contributed by atoms with van der Waals surface area (Å²) in [5.74, 6) is 0.0868. The zero-order valence-electron chi connectivity index (χ0n) is 7.78. The van der Waals surface area contributed by atoms with Gasteiger partial charge in [-0.25, -0.2) is 12.7 Å². The van der Waals surface area contributed by atoms with Gasteiger partial charge in [-0.2, -0.15) is 0 Å². The van der Waals surface area contributed by atoms with Gasteiger partial charge in [0.05, 0.1) is 5.75 Å². The zero-order chi connectivity index (χ0) is 9.73. The molecule has 1 N–H and O–H groups in total. The number of piperidine rings is 1. The predicted octanol–water partition coefficient (Wildman–Crippen LogP) is 0.184. The second-order valence-corrected chi connectivity index (χ2v) is 5.44. The highest BCUT2D eigenvalue weighted by Crippen LogP contribution is 2.13. The Kier molecular flexibility index (Phi) is 4.15. The first-order valence-electron chi connectivity index (χ1n) is 4.75. The zero-order valence-corrected chi connectivity index (χ0v) is 8.59. The quantitative estimate of drug-likeness (QED) is 0.715. The normalized spacial score (nSPS) is 20.4. The van der Waals surface area contributed by atoms with E-state index in [2.05, 4.69) is 0 Å². The number of hydrogen-bond acceptors (Lipinski definition) is 3. The lowest BCUT2D eigenvalue weighted by Gasteiger charge is -2.25.